The molecule has 2 N–H and O–H groups in total. The molecule has 0 rings (SSSR count). The Bertz CT molecular complexity index is 110. The Morgan fingerprint density at radius 1 is 1.60 bits per heavy atom. The van der Waals surface area contributed by atoms with Gasteiger partial charge in [-0.15, -0.1) is 0 Å². The molecule has 2 nitrogen and oxygen atoms in total. The number of nitrogens with two attached hydrogens (primary N) is 1. The normalized spacial score (nSPS) is 10.0. The highest BCUT2D eigenvalue weighted by atomic mass is 32.1. The number of rotatable bonds is 4. The van der Waals surface area contributed by atoms with Crippen LogP contribution in [-0.2, 0) is 4.84 Å². The van der Waals surface area contributed by atoms with Gasteiger partial charge in [-0.3, -0.25) is 0 Å². The summed E-state index contributed by atoms with van der Waals surface area (Å²) < 4.78 is 22.9. The highest BCUT2D eigenvalue weighted by Crippen LogP contribution is 2.06. The first-order chi connectivity index (χ1) is 4.66. The van der Waals surface area contributed by atoms with Crippen molar-refractivity contribution in [2.75, 3.05) is 0 Å². The second-order valence-corrected chi connectivity index (χ2v) is 2.23. The molecule has 0 aromatic heterocycles. The van der Waals surface area contributed by atoms with Gasteiger partial charge in [0.2, 0.25) is 6.43 Å². The van der Waals surface area contributed by atoms with E-state index in [0.717, 1.165) is 0 Å². The van der Waals surface area contributed by atoms with Gasteiger partial charge in [-0.05, 0) is 18.6 Å². The minimum Gasteiger partial charge on any atom is -0.404 e. The summed E-state index contributed by atoms with van der Waals surface area (Å²) in [6, 6.07) is 0. The molecule has 0 heterocycles. The molecule has 10 heavy (non-hydrogen) atoms. The van der Waals surface area contributed by atoms with Crippen LogP contribution < -0.4 is 5.90 Å². The molecule has 0 bridgehead atoms. The molecule has 0 spiro atoms. The first-order valence-electron chi connectivity index (χ1n) is 2.84. The van der Waals surface area contributed by atoms with E-state index in [9.17, 15) is 8.78 Å². The summed E-state index contributed by atoms with van der Waals surface area (Å²) in [5.74, 6) is 4.66. The highest BCUT2D eigenvalue weighted by Gasteiger charge is 2.03. The molecule has 0 atom stereocenters. The van der Waals surface area contributed by atoms with Crippen LogP contribution in [0.1, 0.15) is 19.3 Å². The van der Waals surface area contributed by atoms with Crippen LogP contribution in [0.5, 0.6) is 0 Å². The average Bonchev–Trinajstić information content (AvgIpc) is 1.87. The Morgan fingerprint density at radius 2 is 2.20 bits per heavy atom. The predicted molar refractivity (Wildman–Crippen MR) is 37.7 cm³/mol. The zero-order valence-electron chi connectivity index (χ0n) is 5.35. The van der Waals surface area contributed by atoms with Crippen LogP contribution in [0.25, 0.3) is 0 Å². The van der Waals surface area contributed by atoms with E-state index in [1.807, 2.05) is 0 Å². The number of thiocarbonyl (C=S) groups is 1. The SMILES string of the molecule is NOC(=S)CCCC(F)F. The van der Waals surface area contributed by atoms with E-state index in [2.05, 4.69) is 23.0 Å². The molecule has 0 amide bonds. The van der Waals surface area contributed by atoms with Gasteiger partial charge >= 0.3 is 0 Å². The number of alkyl halides is 2. The molecule has 0 saturated heterocycles. The zero-order valence-corrected chi connectivity index (χ0v) is 6.16. The van der Waals surface area contributed by atoms with Crippen molar-refractivity contribution in [1.82, 2.24) is 0 Å². The molecule has 0 aliphatic heterocycles. The summed E-state index contributed by atoms with van der Waals surface area (Å²) in [4.78, 5) is 4.12. The maximum absolute atomic E-state index is 11.5. The van der Waals surface area contributed by atoms with Crippen LogP contribution in [0.3, 0.4) is 0 Å². The quantitative estimate of drug-likeness (QED) is 0.513. The lowest BCUT2D eigenvalue weighted by atomic mass is 10.2. The standard InChI is InChI=1S/C5H9F2NOS/c6-4(7)2-1-3-5(10)9-8/h4H,1-3,8H2. The van der Waals surface area contributed by atoms with Crippen molar-refractivity contribution in [2.45, 2.75) is 25.7 Å². The van der Waals surface area contributed by atoms with E-state index in [1.165, 1.54) is 0 Å². The van der Waals surface area contributed by atoms with Gasteiger partial charge in [0.05, 0.1) is 0 Å². The Kier molecular flexibility index (Phi) is 5.33. The highest BCUT2D eigenvalue weighted by molar-refractivity contribution is 7.80. The fourth-order valence-electron chi connectivity index (χ4n) is 0.460. The van der Waals surface area contributed by atoms with Gasteiger partial charge in [-0.25, -0.2) is 8.78 Å². The van der Waals surface area contributed by atoms with E-state index in [-0.39, 0.29) is 11.5 Å². The Morgan fingerprint density at radius 3 is 2.60 bits per heavy atom. The van der Waals surface area contributed by atoms with Gasteiger partial charge in [0.1, 0.15) is 0 Å². The van der Waals surface area contributed by atoms with E-state index >= 15 is 0 Å². The molecule has 0 fully saturated rings. The lowest BCUT2D eigenvalue weighted by molar-refractivity contribution is 0.135. The van der Waals surface area contributed by atoms with Crippen molar-refractivity contribution in [3.05, 3.63) is 0 Å². The number of hydrogen-bond donors (Lipinski definition) is 1. The van der Waals surface area contributed by atoms with Crippen LogP contribution in [0.4, 0.5) is 8.78 Å². The third-order valence-electron chi connectivity index (χ3n) is 0.935. The third kappa shape index (κ3) is 5.84. The molecule has 0 aromatic rings. The van der Waals surface area contributed by atoms with Gasteiger partial charge in [-0.1, -0.05) is 0 Å². The zero-order chi connectivity index (χ0) is 7.98. The Hall–Kier alpha value is -0.290. The fourth-order valence-corrected chi connectivity index (χ4v) is 0.604. The second-order valence-electron chi connectivity index (χ2n) is 1.77. The topological polar surface area (TPSA) is 35.2 Å². The van der Waals surface area contributed by atoms with Crippen LogP contribution in [0.2, 0.25) is 0 Å². The molecule has 0 aliphatic carbocycles. The molecular formula is C5H9F2NOS. The van der Waals surface area contributed by atoms with Crippen molar-refractivity contribution >= 4 is 17.3 Å². The van der Waals surface area contributed by atoms with Crippen LogP contribution in [0, 0.1) is 0 Å². The largest absolute Gasteiger partial charge is 0.404 e. The Balaban J connectivity index is 3.12. The summed E-state index contributed by atoms with van der Waals surface area (Å²) in [6.45, 7) is 0. The van der Waals surface area contributed by atoms with Gasteiger partial charge < -0.3 is 4.84 Å². The maximum atomic E-state index is 11.5. The van der Waals surface area contributed by atoms with Crippen molar-refractivity contribution < 1.29 is 13.6 Å². The lowest BCUT2D eigenvalue weighted by Gasteiger charge is -1.99. The van der Waals surface area contributed by atoms with Gasteiger partial charge in [0.25, 0.3) is 0 Å². The van der Waals surface area contributed by atoms with Crippen molar-refractivity contribution in [3.63, 3.8) is 0 Å². The number of hydrogen-bond acceptors (Lipinski definition) is 3. The summed E-state index contributed by atoms with van der Waals surface area (Å²) in [5.41, 5.74) is 0. The lowest BCUT2D eigenvalue weighted by Crippen LogP contribution is -2.07. The summed E-state index contributed by atoms with van der Waals surface area (Å²) in [7, 11) is 0. The van der Waals surface area contributed by atoms with Crippen LogP contribution in [0.15, 0.2) is 0 Å². The van der Waals surface area contributed by atoms with E-state index in [1.54, 1.807) is 0 Å². The molecule has 0 aliphatic rings. The van der Waals surface area contributed by atoms with E-state index in [4.69, 9.17) is 0 Å². The summed E-state index contributed by atoms with van der Waals surface area (Å²) in [5, 5.41) is 0.181. The molecule has 0 unspecified atom stereocenters. The predicted octanol–water partition coefficient (Wildman–Crippen LogP) is 1.64. The van der Waals surface area contributed by atoms with Crippen molar-refractivity contribution in [1.29, 1.82) is 0 Å². The molecule has 5 heteroatoms. The van der Waals surface area contributed by atoms with E-state index < -0.39 is 6.43 Å². The minimum absolute atomic E-state index is 0.149. The van der Waals surface area contributed by atoms with Crippen LogP contribution in [-0.4, -0.2) is 11.5 Å². The minimum atomic E-state index is -2.26. The molecule has 0 saturated carbocycles. The van der Waals surface area contributed by atoms with Crippen LogP contribution >= 0.6 is 12.2 Å². The van der Waals surface area contributed by atoms with Crippen molar-refractivity contribution in [3.8, 4) is 0 Å². The average molecular weight is 169 g/mol. The maximum Gasteiger partial charge on any atom is 0.238 e. The van der Waals surface area contributed by atoms with Gasteiger partial charge in [0.15, 0.2) is 5.05 Å². The second kappa shape index (κ2) is 5.49. The van der Waals surface area contributed by atoms with E-state index in [0.29, 0.717) is 12.8 Å². The molecule has 0 radical (unpaired) electrons. The first kappa shape index (κ1) is 9.71. The summed E-state index contributed by atoms with van der Waals surface area (Å²) >= 11 is 4.52. The molecule has 60 valence electrons. The fraction of sp³-hybridized carbons (Fsp3) is 0.800. The first-order valence-corrected chi connectivity index (χ1v) is 3.25. The van der Waals surface area contributed by atoms with Crippen molar-refractivity contribution in [2.24, 2.45) is 5.90 Å². The molecule has 0 aromatic carbocycles. The third-order valence-corrected chi connectivity index (χ3v) is 1.24. The van der Waals surface area contributed by atoms with Gasteiger partial charge in [-0.2, -0.15) is 5.90 Å². The molecular weight excluding hydrogens is 160 g/mol. The monoisotopic (exact) mass is 169 g/mol. The smallest absolute Gasteiger partial charge is 0.238 e. The van der Waals surface area contributed by atoms with Gasteiger partial charge in [0, 0.05) is 12.8 Å². The Labute approximate surface area is 63.3 Å². The summed E-state index contributed by atoms with van der Waals surface area (Å²) in [6.07, 6.45) is -1.76. The number of halogens is 2.